The molecule has 32 heavy (non-hydrogen) atoms. The van der Waals surface area contributed by atoms with Crippen molar-refractivity contribution in [3.8, 4) is 0 Å². The maximum atomic E-state index is 13.0. The Balaban J connectivity index is 1.62. The Labute approximate surface area is 187 Å². The third-order valence-electron chi connectivity index (χ3n) is 5.35. The van der Waals surface area contributed by atoms with E-state index in [0.29, 0.717) is 37.7 Å². The number of nitrogens with zero attached hydrogens (tertiary/aromatic N) is 1. The van der Waals surface area contributed by atoms with Crippen molar-refractivity contribution in [2.24, 2.45) is 0 Å². The Kier molecular flexibility index (Phi) is 8.51. The van der Waals surface area contributed by atoms with Crippen LogP contribution in [0.1, 0.15) is 60.1 Å². The molecular formula is C24H28N4O4. The number of hydroxylamine groups is 1. The van der Waals surface area contributed by atoms with Gasteiger partial charge in [0.05, 0.1) is 0 Å². The van der Waals surface area contributed by atoms with Crippen LogP contribution in [0.15, 0.2) is 54.4 Å². The number of aromatic nitrogens is 1. The first-order chi connectivity index (χ1) is 15.6. The first-order valence-electron chi connectivity index (χ1n) is 10.8. The minimum Gasteiger partial charge on any atom is -0.340 e. The molecule has 8 heteroatoms. The van der Waals surface area contributed by atoms with Crippen molar-refractivity contribution in [2.45, 2.75) is 51.0 Å². The third-order valence-corrected chi connectivity index (χ3v) is 5.35. The van der Waals surface area contributed by atoms with E-state index in [1.165, 1.54) is 0 Å². The van der Waals surface area contributed by atoms with Crippen LogP contribution in [-0.4, -0.2) is 34.0 Å². The van der Waals surface area contributed by atoms with Gasteiger partial charge in [-0.05, 0) is 55.5 Å². The second-order valence-electron chi connectivity index (χ2n) is 7.72. The van der Waals surface area contributed by atoms with Crippen molar-refractivity contribution in [3.63, 3.8) is 0 Å². The van der Waals surface area contributed by atoms with Crippen molar-refractivity contribution < 1.29 is 19.6 Å². The molecule has 168 valence electrons. The van der Waals surface area contributed by atoms with Gasteiger partial charge in [-0.1, -0.05) is 37.1 Å². The number of carbonyl (C=O) groups is 3. The third kappa shape index (κ3) is 6.75. The van der Waals surface area contributed by atoms with E-state index in [1.54, 1.807) is 35.9 Å². The highest BCUT2D eigenvalue weighted by molar-refractivity contribution is 5.97. The quantitative estimate of drug-likeness (QED) is 0.259. The minimum atomic E-state index is -0.703. The molecule has 4 N–H and O–H groups in total. The topological polar surface area (TPSA) is 120 Å². The molecule has 2 aromatic rings. The van der Waals surface area contributed by atoms with Gasteiger partial charge in [-0.15, -0.1) is 0 Å². The molecule has 1 aromatic carbocycles. The number of benzene rings is 1. The van der Waals surface area contributed by atoms with Crippen LogP contribution >= 0.6 is 0 Å². The van der Waals surface area contributed by atoms with Crippen molar-refractivity contribution in [1.82, 2.24) is 21.1 Å². The lowest BCUT2D eigenvalue weighted by molar-refractivity contribution is -0.129. The van der Waals surface area contributed by atoms with E-state index in [-0.39, 0.29) is 18.2 Å². The van der Waals surface area contributed by atoms with Gasteiger partial charge >= 0.3 is 0 Å². The second kappa shape index (κ2) is 11.8. The Hall–Kier alpha value is -3.52. The smallest absolute Gasteiger partial charge is 0.251 e. The lowest BCUT2D eigenvalue weighted by Gasteiger charge is -2.21. The molecule has 1 atom stereocenters. The van der Waals surface area contributed by atoms with E-state index in [0.717, 1.165) is 23.4 Å². The van der Waals surface area contributed by atoms with E-state index in [2.05, 4.69) is 15.6 Å². The Morgan fingerprint density at radius 1 is 1.00 bits per heavy atom. The Bertz CT molecular complexity index is 975. The molecule has 0 radical (unpaired) electrons. The fourth-order valence-corrected chi connectivity index (χ4v) is 3.61. The first kappa shape index (κ1) is 23.1. The van der Waals surface area contributed by atoms with Gasteiger partial charge in [0.15, 0.2) is 0 Å². The molecule has 1 heterocycles. The number of hydrogen-bond donors (Lipinski definition) is 4. The molecule has 0 saturated carbocycles. The molecule has 1 aliphatic rings. The number of carbonyl (C=O) groups excluding carboxylic acids is 3. The summed E-state index contributed by atoms with van der Waals surface area (Å²) in [6, 6.07) is 11.9. The number of unbranched alkanes of at least 4 members (excludes halogenated alkanes) is 2. The molecule has 3 amide bonds. The van der Waals surface area contributed by atoms with Gasteiger partial charge in [0, 0.05) is 29.6 Å². The van der Waals surface area contributed by atoms with Crippen LogP contribution in [0.3, 0.4) is 0 Å². The van der Waals surface area contributed by atoms with E-state index in [4.69, 9.17) is 5.21 Å². The molecule has 0 spiro atoms. The summed E-state index contributed by atoms with van der Waals surface area (Å²) in [5.74, 6) is -1.01. The number of pyridine rings is 1. The monoisotopic (exact) mass is 436 g/mol. The number of amides is 3. The molecule has 8 nitrogen and oxygen atoms in total. The van der Waals surface area contributed by atoms with Gasteiger partial charge in [-0.2, -0.15) is 0 Å². The Morgan fingerprint density at radius 2 is 1.81 bits per heavy atom. The lowest BCUT2D eigenvalue weighted by atomic mass is 9.99. The highest BCUT2D eigenvalue weighted by Gasteiger charge is 2.23. The average Bonchev–Trinajstić information content (AvgIpc) is 2.83. The number of rotatable bonds is 10. The van der Waals surface area contributed by atoms with Gasteiger partial charge in [0.1, 0.15) is 6.04 Å². The van der Waals surface area contributed by atoms with Crippen LogP contribution in [-0.2, 0) is 16.0 Å². The first-order valence-corrected chi connectivity index (χ1v) is 10.8. The molecule has 0 fully saturated rings. The number of allylic oxidation sites excluding steroid dienone is 1. The normalized spacial score (nSPS) is 13.3. The van der Waals surface area contributed by atoms with Crippen molar-refractivity contribution in [1.29, 1.82) is 0 Å². The van der Waals surface area contributed by atoms with E-state index in [9.17, 15) is 14.4 Å². The maximum Gasteiger partial charge on any atom is 0.251 e. The minimum absolute atomic E-state index is 0.212. The summed E-state index contributed by atoms with van der Waals surface area (Å²) in [5, 5.41) is 14.4. The number of hydrogen-bond acceptors (Lipinski definition) is 5. The highest BCUT2D eigenvalue weighted by Crippen LogP contribution is 2.20. The largest absolute Gasteiger partial charge is 0.340 e. The predicted molar refractivity (Wildman–Crippen MR) is 119 cm³/mol. The summed E-state index contributed by atoms with van der Waals surface area (Å²) in [6.45, 7) is 0. The zero-order valence-corrected chi connectivity index (χ0v) is 17.8. The van der Waals surface area contributed by atoms with Crippen molar-refractivity contribution in [2.75, 3.05) is 0 Å². The van der Waals surface area contributed by atoms with Gasteiger partial charge in [-0.3, -0.25) is 24.6 Å². The van der Waals surface area contributed by atoms with Crippen LogP contribution in [0, 0.1) is 0 Å². The maximum absolute atomic E-state index is 13.0. The zero-order chi connectivity index (χ0) is 22.8. The fourth-order valence-electron chi connectivity index (χ4n) is 3.61. The molecule has 3 rings (SSSR count). The van der Waals surface area contributed by atoms with Gasteiger partial charge < -0.3 is 10.6 Å². The second-order valence-corrected chi connectivity index (χ2v) is 7.72. The molecular weight excluding hydrogens is 408 g/mol. The average molecular weight is 437 g/mol. The van der Waals surface area contributed by atoms with Crippen molar-refractivity contribution >= 4 is 23.8 Å². The van der Waals surface area contributed by atoms with Crippen LogP contribution in [0.25, 0.3) is 6.08 Å². The summed E-state index contributed by atoms with van der Waals surface area (Å²) >= 11 is 0. The number of aryl methyl sites for hydroxylation is 1. The summed E-state index contributed by atoms with van der Waals surface area (Å²) < 4.78 is 0. The van der Waals surface area contributed by atoms with Crippen LogP contribution in [0.4, 0.5) is 0 Å². The summed E-state index contributed by atoms with van der Waals surface area (Å²) in [7, 11) is 0. The number of nitrogens with one attached hydrogen (secondary N) is 3. The molecule has 1 aromatic heterocycles. The summed E-state index contributed by atoms with van der Waals surface area (Å²) in [5.41, 5.74) is 4.89. The highest BCUT2D eigenvalue weighted by atomic mass is 16.5. The van der Waals surface area contributed by atoms with Gasteiger partial charge in [-0.25, -0.2) is 5.48 Å². The van der Waals surface area contributed by atoms with Crippen LogP contribution < -0.4 is 16.1 Å². The molecule has 1 aliphatic carbocycles. The SMILES string of the molecule is O=C(CCCCC[C@H](NC(=O)c1ccccc1)C(=O)NC1=Cc2cccnc2CC1)NO. The van der Waals surface area contributed by atoms with Gasteiger partial charge in [0.25, 0.3) is 5.91 Å². The van der Waals surface area contributed by atoms with E-state index in [1.807, 2.05) is 24.3 Å². The molecule has 0 unspecified atom stereocenters. The lowest BCUT2D eigenvalue weighted by Crippen LogP contribution is -2.46. The van der Waals surface area contributed by atoms with Crippen LogP contribution in [0.2, 0.25) is 0 Å². The van der Waals surface area contributed by atoms with E-state index < -0.39 is 11.9 Å². The Morgan fingerprint density at radius 3 is 2.59 bits per heavy atom. The molecule has 0 aliphatic heterocycles. The van der Waals surface area contributed by atoms with Gasteiger partial charge in [0.2, 0.25) is 11.8 Å². The summed E-state index contributed by atoms with van der Waals surface area (Å²) in [4.78, 5) is 41.2. The predicted octanol–water partition coefficient (Wildman–Crippen LogP) is 2.74. The summed E-state index contributed by atoms with van der Waals surface area (Å²) in [6.07, 6.45) is 7.69. The fraction of sp³-hybridized carbons (Fsp3) is 0.333. The van der Waals surface area contributed by atoms with E-state index >= 15 is 0 Å². The molecule has 0 saturated heterocycles. The van der Waals surface area contributed by atoms with Crippen LogP contribution in [0.5, 0.6) is 0 Å². The number of fused-ring (bicyclic) bond motifs is 1. The zero-order valence-electron chi connectivity index (χ0n) is 17.8. The van der Waals surface area contributed by atoms with Crippen molar-refractivity contribution in [3.05, 3.63) is 71.2 Å². The standard InChI is InChI=1S/C24H28N4O4/c29-22(28-32)12-6-2-5-11-21(27-23(30)17-8-3-1-4-9-17)24(31)26-19-13-14-20-18(16-19)10-7-15-25-20/h1,3-4,7-10,15-16,21,32H,2,5-6,11-14H2,(H,26,31)(H,27,30)(H,28,29)/t21-/m0/s1. The molecule has 0 bridgehead atoms.